The third-order valence-corrected chi connectivity index (χ3v) is 5.21. The van der Waals surface area contributed by atoms with Crippen LogP contribution in [0.3, 0.4) is 0 Å². The third kappa shape index (κ3) is 2.00. The van der Waals surface area contributed by atoms with Gasteiger partial charge in [0.1, 0.15) is 11.3 Å². The van der Waals surface area contributed by atoms with Gasteiger partial charge in [-0.3, -0.25) is 0 Å². The van der Waals surface area contributed by atoms with E-state index in [1.807, 2.05) is 0 Å². The Morgan fingerprint density at radius 3 is 2.52 bits per heavy atom. The maximum atomic E-state index is 6.36. The van der Waals surface area contributed by atoms with E-state index in [4.69, 9.17) is 4.42 Å². The SMILES string of the molecule is c1ccc(C2CCc3c(oc4c3ccc3ccccc34)C2)cc1. The van der Waals surface area contributed by atoms with Crippen molar-refractivity contribution in [3.63, 3.8) is 0 Å². The molecule has 1 nitrogen and oxygen atoms in total. The van der Waals surface area contributed by atoms with E-state index in [2.05, 4.69) is 66.7 Å². The van der Waals surface area contributed by atoms with Crippen molar-refractivity contribution in [1.82, 2.24) is 0 Å². The van der Waals surface area contributed by atoms with Gasteiger partial charge in [0, 0.05) is 22.8 Å². The summed E-state index contributed by atoms with van der Waals surface area (Å²) < 4.78 is 6.36. The van der Waals surface area contributed by atoms with E-state index in [0.29, 0.717) is 5.92 Å². The summed E-state index contributed by atoms with van der Waals surface area (Å²) in [7, 11) is 0. The summed E-state index contributed by atoms with van der Waals surface area (Å²) in [6.45, 7) is 0. The van der Waals surface area contributed by atoms with Crippen LogP contribution in [0.2, 0.25) is 0 Å². The van der Waals surface area contributed by atoms with Crippen LogP contribution in [0.1, 0.15) is 29.2 Å². The van der Waals surface area contributed by atoms with Gasteiger partial charge in [0.25, 0.3) is 0 Å². The van der Waals surface area contributed by atoms with Crippen molar-refractivity contribution < 1.29 is 4.42 Å². The van der Waals surface area contributed by atoms with Gasteiger partial charge in [-0.2, -0.15) is 0 Å². The van der Waals surface area contributed by atoms with Crippen molar-refractivity contribution in [2.45, 2.75) is 25.2 Å². The van der Waals surface area contributed by atoms with Crippen molar-refractivity contribution in [1.29, 1.82) is 0 Å². The molecule has 1 heterocycles. The van der Waals surface area contributed by atoms with Gasteiger partial charge in [-0.05, 0) is 29.7 Å². The molecule has 5 rings (SSSR count). The molecule has 1 unspecified atom stereocenters. The normalized spacial score (nSPS) is 17.5. The standard InChI is InChI=1S/C22H18O/c1-2-6-15(7-3-1)17-11-12-19-20-13-10-16-8-4-5-9-18(16)22(20)23-21(19)14-17/h1-10,13,17H,11-12,14H2. The van der Waals surface area contributed by atoms with E-state index >= 15 is 0 Å². The summed E-state index contributed by atoms with van der Waals surface area (Å²) in [6, 6.07) is 23.8. The number of benzene rings is 3. The molecule has 1 heteroatoms. The number of hydrogen-bond donors (Lipinski definition) is 0. The molecule has 0 fully saturated rings. The lowest BCUT2D eigenvalue weighted by atomic mass is 9.83. The van der Waals surface area contributed by atoms with E-state index in [-0.39, 0.29) is 0 Å². The molecule has 1 aliphatic rings. The zero-order valence-corrected chi connectivity index (χ0v) is 13.0. The number of fused-ring (bicyclic) bond motifs is 5. The molecule has 0 saturated heterocycles. The maximum absolute atomic E-state index is 6.36. The highest BCUT2D eigenvalue weighted by molar-refractivity contribution is 6.05. The minimum Gasteiger partial charge on any atom is -0.460 e. The van der Waals surface area contributed by atoms with Crippen molar-refractivity contribution >= 4 is 21.7 Å². The number of aryl methyl sites for hydroxylation is 1. The number of rotatable bonds is 1. The molecule has 1 aliphatic carbocycles. The van der Waals surface area contributed by atoms with Crippen LogP contribution >= 0.6 is 0 Å². The van der Waals surface area contributed by atoms with Crippen molar-refractivity contribution in [2.75, 3.05) is 0 Å². The first-order valence-corrected chi connectivity index (χ1v) is 8.37. The molecule has 1 atom stereocenters. The predicted octanol–water partition coefficient (Wildman–Crippen LogP) is 5.86. The van der Waals surface area contributed by atoms with Crippen LogP contribution in [-0.4, -0.2) is 0 Å². The molecule has 0 spiro atoms. The quantitative estimate of drug-likeness (QED) is 0.429. The van der Waals surface area contributed by atoms with Gasteiger partial charge in [-0.25, -0.2) is 0 Å². The molecule has 0 saturated carbocycles. The fraction of sp³-hybridized carbons (Fsp3) is 0.182. The van der Waals surface area contributed by atoms with Crippen molar-refractivity contribution in [3.05, 3.63) is 83.6 Å². The molecule has 1 aromatic heterocycles. The molecule has 0 aliphatic heterocycles. The number of furan rings is 1. The van der Waals surface area contributed by atoms with E-state index in [1.165, 1.54) is 39.5 Å². The summed E-state index contributed by atoms with van der Waals surface area (Å²) in [6.07, 6.45) is 3.33. The van der Waals surface area contributed by atoms with Gasteiger partial charge >= 0.3 is 0 Å². The van der Waals surface area contributed by atoms with Gasteiger partial charge in [-0.15, -0.1) is 0 Å². The van der Waals surface area contributed by atoms with Crippen LogP contribution in [0.4, 0.5) is 0 Å². The Balaban J connectivity index is 1.65. The Labute approximate surface area is 135 Å². The molecule has 0 radical (unpaired) electrons. The Bertz CT molecular complexity index is 995. The van der Waals surface area contributed by atoms with E-state index < -0.39 is 0 Å². The second kappa shape index (κ2) is 4.99. The van der Waals surface area contributed by atoms with E-state index in [0.717, 1.165) is 18.4 Å². The summed E-state index contributed by atoms with van der Waals surface area (Å²) in [5.74, 6) is 1.77. The first-order chi connectivity index (χ1) is 11.4. The Hall–Kier alpha value is -2.54. The number of hydrogen-bond acceptors (Lipinski definition) is 1. The average molecular weight is 298 g/mol. The predicted molar refractivity (Wildman–Crippen MR) is 94.9 cm³/mol. The summed E-state index contributed by atoms with van der Waals surface area (Å²) in [5, 5.41) is 3.80. The van der Waals surface area contributed by atoms with Crippen LogP contribution in [-0.2, 0) is 12.8 Å². The first kappa shape index (κ1) is 13.0. The average Bonchev–Trinajstić information content (AvgIpc) is 3.00. The lowest BCUT2D eigenvalue weighted by Gasteiger charge is -2.21. The maximum Gasteiger partial charge on any atom is 0.142 e. The van der Waals surface area contributed by atoms with Gasteiger partial charge in [-0.1, -0.05) is 66.7 Å². The Morgan fingerprint density at radius 1 is 0.783 bits per heavy atom. The van der Waals surface area contributed by atoms with Crippen LogP contribution in [0.15, 0.2) is 71.1 Å². The van der Waals surface area contributed by atoms with Gasteiger partial charge in [0.15, 0.2) is 0 Å². The van der Waals surface area contributed by atoms with Gasteiger partial charge in [0.2, 0.25) is 0 Å². The van der Waals surface area contributed by atoms with Gasteiger partial charge < -0.3 is 4.42 Å². The Kier molecular flexibility index (Phi) is 2.81. The highest BCUT2D eigenvalue weighted by Crippen LogP contribution is 2.40. The topological polar surface area (TPSA) is 13.1 Å². The lowest BCUT2D eigenvalue weighted by molar-refractivity contribution is 0.472. The second-order valence-electron chi connectivity index (χ2n) is 6.52. The third-order valence-electron chi connectivity index (χ3n) is 5.21. The van der Waals surface area contributed by atoms with Crippen LogP contribution in [0, 0.1) is 0 Å². The molecule has 4 aromatic rings. The molecule has 112 valence electrons. The van der Waals surface area contributed by atoms with Gasteiger partial charge in [0.05, 0.1) is 0 Å². The van der Waals surface area contributed by atoms with Crippen LogP contribution in [0.5, 0.6) is 0 Å². The minimum atomic E-state index is 0.579. The monoisotopic (exact) mass is 298 g/mol. The lowest BCUT2D eigenvalue weighted by Crippen LogP contribution is -2.11. The molecular formula is C22H18O. The van der Waals surface area contributed by atoms with Crippen molar-refractivity contribution in [3.8, 4) is 0 Å². The molecule has 0 bridgehead atoms. The fourth-order valence-corrected chi connectivity index (χ4v) is 4.02. The molecule has 0 amide bonds. The Morgan fingerprint density at radius 2 is 1.61 bits per heavy atom. The van der Waals surface area contributed by atoms with Crippen LogP contribution in [0.25, 0.3) is 21.7 Å². The van der Waals surface area contributed by atoms with E-state index in [1.54, 1.807) is 0 Å². The highest BCUT2D eigenvalue weighted by Gasteiger charge is 2.25. The first-order valence-electron chi connectivity index (χ1n) is 8.37. The minimum absolute atomic E-state index is 0.579. The molecule has 3 aromatic carbocycles. The summed E-state index contributed by atoms with van der Waals surface area (Å²) >= 11 is 0. The summed E-state index contributed by atoms with van der Waals surface area (Å²) in [5.41, 5.74) is 3.93. The zero-order chi connectivity index (χ0) is 15.2. The smallest absolute Gasteiger partial charge is 0.142 e. The largest absolute Gasteiger partial charge is 0.460 e. The van der Waals surface area contributed by atoms with Crippen molar-refractivity contribution in [2.24, 2.45) is 0 Å². The molecular weight excluding hydrogens is 280 g/mol. The summed E-state index contributed by atoms with van der Waals surface area (Å²) in [4.78, 5) is 0. The molecule has 0 N–H and O–H groups in total. The van der Waals surface area contributed by atoms with Crippen LogP contribution < -0.4 is 0 Å². The molecule has 23 heavy (non-hydrogen) atoms. The zero-order valence-electron chi connectivity index (χ0n) is 13.0. The second-order valence-corrected chi connectivity index (χ2v) is 6.52. The van der Waals surface area contributed by atoms with E-state index in [9.17, 15) is 0 Å². The highest BCUT2D eigenvalue weighted by atomic mass is 16.3. The fourth-order valence-electron chi connectivity index (χ4n) is 4.02.